The van der Waals surface area contributed by atoms with E-state index in [0.717, 1.165) is 25.7 Å². The van der Waals surface area contributed by atoms with Crippen LogP contribution in [0.1, 0.15) is 168 Å². The van der Waals surface area contributed by atoms with E-state index in [4.69, 9.17) is 10.5 Å². The van der Waals surface area contributed by atoms with E-state index in [0.29, 0.717) is 12.3 Å². The van der Waals surface area contributed by atoms with Gasteiger partial charge in [0.2, 0.25) is 5.91 Å². The van der Waals surface area contributed by atoms with E-state index >= 15 is 0 Å². The summed E-state index contributed by atoms with van der Waals surface area (Å²) in [5, 5.41) is 0. The Morgan fingerprint density at radius 3 is 1.54 bits per heavy atom. The van der Waals surface area contributed by atoms with Crippen LogP contribution in [-0.4, -0.2) is 18.0 Å². The molecule has 1 aliphatic rings. The van der Waals surface area contributed by atoms with E-state index in [2.05, 4.69) is 13.8 Å². The summed E-state index contributed by atoms with van der Waals surface area (Å²) in [7, 11) is 0. The zero-order valence-corrected chi connectivity index (χ0v) is 23.5. The normalized spacial score (nSPS) is 18.3. The van der Waals surface area contributed by atoms with Gasteiger partial charge in [0.05, 0.1) is 5.92 Å². The summed E-state index contributed by atoms with van der Waals surface area (Å²) in [4.78, 5) is 22.6. The van der Waals surface area contributed by atoms with Crippen molar-refractivity contribution >= 4 is 11.9 Å². The Kier molecular flexibility index (Phi) is 20.2. The minimum absolute atomic E-state index is 0.00896. The Hall–Kier alpha value is -1.06. The van der Waals surface area contributed by atoms with Crippen LogP contribution in [0.3, 0.4) is 0 Å². The molecular weight excluding hydrogens is 434 g/mol. The zero-order valence-electron chi connectivity index (χ0n) is 23.5. The van der Waals surface area contributed by atoms with Crippen LogP contribution >= 0.6 is 0 Å². The van der Waals surface area contributed by atoms with Gasteiger partial charge in [0.1, 0.15) is 6.10 Å². The maximum Gasteiger partial charge on any atom is 0.312 e. The second kappa shape index (κ2) is 22.2. The molecule has 206 valence electrons. The molecule has 0 aliphatic carbocycles. The fourth-order valence-corrected chi connectivity index (χ4v) is 5.64. The van der Waals surface area contributed by atoms with Crippen LogP contribution in [0.4, 0.5) is 0 Å². The SMILES string of the molecule is CCCCCCCCCCCCCCCCC[C@H](CCCCCCC(N)=O)C[C@@H]1OC(=O)[C@H]1CC. The van der Waals surface area contributed by atoms with Crippen LogP contribution in [0.25, 0.3) is 0 Å². The fraction of sp³-hybridized carbons (Fsp3) is 0.935. The molecule has 0 aromatic rings. The lowest BCUT2D eigenvalue weighted by molar-refractivity contribution is -0.187. The highest BCUT2D eigenvalue weighted by Crippen LogP contribution is 2.34. The van der Waals surface area contributed by atoms with Gasteiger partial charge >= 0.3 is 5.97 Å². The highest BCUT2D eigenvalue weighted by molar-refractivity contribution is 5.78. The van der Waals surface area contributed by atoms with Gasteiger partial charge in [-0.1, -0.05) is 142 Å². The first kappa shape index (κ1) is 32.0. The van der Waals surface area contributed by atoms with Crippen molar-refractivity contribution in [2.45, 2.75) is 174 Å². The smallest absolute Gasteiger partial charge is 0.312 e. The van der Waals surface area contributed by atoms with Crippen molar-refractivity contribution in [3.8, 4) is 0 Å². The molecule has 0 radical (unpaired) electrons. The lowest BCUT2D eigenvalue weighted by Gasteiger charge is -2.37. The lowest BCUT2D eigenvalue weighted by Crippen LogP contribution is -2.45. The van der Waals surface area contributed by atoms with Crippen LogP contribution in [0, 0.1) is 11.8 Å². The fourth-order valence-electron chi connectivity index (χ4n) is 5.64. The maximum atomic E-state index is 11.7. The first-order chi connectivity index (χ1) is 17.1. The molecule has 2 N–H and O–H groups in total. The van der Waals surface area contributed by atoms with Crippen molar-refractivity contribution in [2.75, 3.05) is 0 Å². The zero-order chi connectivity index (χ0) is 25.6. The van der Waals surface area contributed by atoms with Crippen molar-refractivity contribution in [1.29, 1.82) is 0 Å². The number of amides is 1. The van der Waals surface area contributed by atoms with Crippen LogP contribution in [-0.2, 0) is 14.3 Å². The highest BCUT2D eigenvalue weighted by atomic mass is 16.6. The first-order valence-corrected chi connectivity index (χ1v) is 15.6. The number of ether oxygens (including phenoxy) is 1. The molecule has 0 aromatic heterocycles. The molecule has 1 heterocycles. The Labute approximate surface area is 217 Å². The third-order valence-corrected chi connectivity index (χ3v) is 8.03. The number of nitrogens with two attached hydrogens (primary N) is 1. The van der Waals surface area contributed by atoms with Gasteiger partial charge in [-0.25, -0.2) is 0 Å². The Morgan fingerprint density at radius 1 is 0.714 bits per heavy atom. The number of rotatable bonds is 26. The average Bonchev–Trinajstić information content (AvgIpc) is 2.82. The van der Waals surface area contributed by atoms with E-state index in [9.17, 15) is 9.59 Å². The van der Waals surface area contributed by atoms with Crippen molar-refractivity contribution < 1.29 is 14.3 Å². The van der Waals surface area contributed by atoms with Gasteiger partial charge in [-0.05, 0) is 25.2 Å². The minimum atomic E-state index is -0.187. The maximum absolute atomic E-state index is 11.7. The summed E-state index contributed by atoms with van der Waals surface area (Å²) < 4.78 is 5.48. The van der Waals surface area contributed by atoms with E-state index in [1.165, 1.54) is 122 Å². The van der Waals surface area contributed by atoms with Crippen molar-refractivity contribution in [3.63, 3.8) is 0 Å². The number of esters is 1. The topological polar surface area (TPSA) is 69.4 Å². The number of unbranched alkanes of at least 4 members (excludes halogenated alkanes) is 17. The molecular formula is C31H59NO3. The largest absolute Gasteiger partial charge is 0.461 e. The van der Waals surface area contributed by atoms with Crippen molar-refractivity contribution in [2.24, 2.45) is 17.6 Å². The summed E-state index contributed by atoms with van der Waals surface area (Å²) in [6, 6.07) is 0. The van der Waals surface area contributed by atoms with Crippen molar-refractivity contribution in [3.05, 3.63) is 0 Å². The summed E-state index contributed by atoms with van der Waals surface area (Å²) in [6.45, 7) is 4.38. The van der Waals surface area contributed by atoms with Crippen LogP contribution in [0.15, 0.2) is 0 Å². The lowest BCUT2D eigenvalue weighted by atomic mass is 9.82. The van der Waals surface area contributed by atoms with Gasteiger partial charge in [0, 0.05) is 6.42 Å². The predicted octanol–water partition coefficient (Wildman–Crippen LogP) is 9.03. The van der Waals surface area contributed by atoms with E-state index in [-0.39, 0.29) is 23.9 Å². The third kappa shape index (κ3) is 17.1. The molecule has 3 atom stereocenters. The molecule has 1 fully saturated rings. The van der Waals surface area contributed by atoms with E-state index in [1.807, 2.05) is 0 Å². The van der Waals surface area contributed by atoms with Gasteiger partial charge in [-0.3, -0.25) is 9.59 Å². The number of hydrogen-bond donors (Lipinski definition) is 1. The Morgan fingerprint density at radius 2 is 1.14 bits per heavy atom. The first-order valence-electron chi connectivity index (χ1n) is 15.6. The molecule has 0 bridgehead atoms. The van der Waals surface area contributed by atoms with Crippen LogP contribution in [0.2, 0.25) is 0 Å². The van der Waals surface area contributed by atoms with Gasteiger partial charge in [0.25, 0.3) is 0 Å². The van der Waals surface area contributed by atoms with Gasteiger partial charge in [-0.2, -0.15) is 0 Å². The number of carbonyl (C=O) groups is 2. The van der Waals surface area contributed by atoms with E-state index in [1.54, 1.807) is 0 Å². The number of cyclic esters (lactones) is 1. The number of primary amides is 1. The van der Waals surface area contributed by atoms with Crippen molar-refractivity contribution in [1.82, 2.24) is 0 Å². The molecule has 4 heteroatoms. The summed E-state index contributed by atoms with van der Waals surface area (Å²) >= 11 is 0. The molecule has 0 unspecified atom stereocenters. The average molecular weight is 494 g/mol. The second-order valence-corrected chi connectivity index (χ2v) is 11.2. The third-order valence-electron chi connectivity index (χ3n) is 8.03. The van der Waals surface area contributed by atoms with Crippen LogP contribution in [0.5, 0.6) is 0 Å². The van der Waals surface area contributed by atoms with Gasteiger partial charge < -0.3 is 10.5 Å². The summed E-state index contributed by atoms with van der Waals surface area (Å²) in [5.74, 6) is 0.623. The standard InChI is InChI=1S/C31H59NO3/c1-3-5-6-7-8-9-10-11-12-13-14-15-16-17-20-23-27(24-21-18-19-22-25-30(32)33)26-29-28(4-2)31(34)35-29/h27-29H,3-26H2,1-2H3,(H2,32,33)/t27-,28+,29+/m1/s1. The summed E-state index contributed by atoms with van der Waals surface area (Å²) in [5.41, 5.74) is 5.24. The Bertz CT molecular complexity index is 521. The predicted molar refractivity (Wildman–Crippen MR) is 148 cm³/mol. The molecule has 1 rings (SSSR count). The molecule has 4 nitrogen and oxygen atoms in total. The molecule has 1 aliphatic heterocycles. The second-order valence-electron chi connectivity index (χ2n) is 11.2. The quantitative estimate of drug-likeness (QED) is 0.0965. The Balaban J connectivity index is 2.06. The number of carbonyl (C=O) groups excluding carboxylic acids is 2. The molecule has 1 amide bonds. The molecule has 0 spiro atoms. The molecule has 0 saturated carbocycles. The van der Waals surface area contributed by atoms with Crippen LogP contribution < -0.4 is 5.73 Å². The molecule has 1 saturated heterocycles. The summed E-state index contributed by atoms with van der Waals surface area (Å²) in [6.07, 6.45) is 30.5. The monoisotopic (exact) mass is 493 g/mol. The molecule has 0 aromatic carbocycles. The van der Waals surface area contributed by atoms with Gasteiger partial charge in [-0.15, -0.1) is 0 Å². The minimum Gasteiger partial charge on any atom is -0.461 e. The number of hydrogen-bond acceptors (Lipinski definition) is 3. The highest BCUT2D eigenvalue weighted by Gasteiger charge is 2.41. The van der Waals surface area contributed by atoms with Gasteiger partial charge in [0.15, 0.2) is 0 Å². The van der Waals surface area contributed by atoms with E-state index < -0.39 is 0 Å². The molecule has 35 heavy (non-hydrogen) atoms.